The van der Waals surface area contributed by atoms with Crippen LogP contribution in [0.25, 0.3) is 5.69 Å². The Morgan fingerprint density at radius 3 is 2.50 bits per heavy atom. The maximum Gasteiger partial charge on any atom is 0.265 e. The normalized spacial score (nSPS) is 11.3. The maximum atomic E-state index is 12.5. The van der Waals surface area contributed by atoms with Crippen molar-refractivity contribution in [3.63, 3.8) is 0 Å². The molecule has 0 radical (unpaired) electrons. The lowest BCUT2D eigenvalue weighted by molar-refractivity contribution is -0.119. The average Bonchev–Trinajstić information content (AvgIpc) is 2.50. The third kappa shape index (κ3) is 4.38. The van der Waals surface area contributed by atoms with E-state index in [0.717, 1.165) is 11.8 Å². The van der Waals surface area contributed by atoms with Crippen molar-refractivity contribution < 1.29 is 9.90 Å². The highest BCUT2D eigenvalue weighted by Crippen LogP contribution is 2.22. The Balaban J connectivity index is 2.36. The molecule has 1 heterocycles. The van der Waals surface area contributed by atoms with E-state index in [0.29, 0.717) is 5.69 Å². The van der Waals surface area contributed by atoms with Crippen LogP contribution in [0.2, 0.25) is 0 Å². The lowest BCUT2D eigenvalue weighted by Gasteiger charge is -2.20. The number of amides is 1. The van der Waals surface area contributed by atoms with Crippen LogP contribution >= 0.6 is 11.8 Å². The molecule has 7 heteroatoms. The monoisotopic (exact) mass is 347 g/mol. The minimum atomic E-state index is -0.354. The highest BCUT2D eigenvalue weighted by molar-refractivity contribution is 7.99. The number of aromatic nitrogens is 2. The zero-order valence-corrected chi connectivity index (χ0v) is 15.0. The van der Waals surface area contributed by atoms with Gasteiger partial charge < -0.3 is 10.4 Å². The summed E-state index contributed by atoms with van der Waals surface area (Å²) in [6.07, 6.45) is 0. The molecule has 0 saturated heterocycles. The minimum Gasteiger partial charge on any atom is -0.493 e. The molecule has 0 unspecified atom stereocenters. The molecule has 1 aromatic heterocycles. The summed E-state index contributed by atoms with van der Waals surface area (Å²) in [5.41, 5.74) is 0.117. The molecule has 0 aliphatic heterocycles. The van der Waals surface area contributed by atoms with Crippen LogP contribution in [0.5, 0.6) is 5.88 Å². The molecule has 0 spiro atoms. The fourth-order valence-corrected chi connectivity index (χ4v) is 2.86. The van der Waals surface area contributed by atoms with Crippen molar-refractivity contribution in [2.24, 2.45) is 0 Å². The fraction of sp³-hybridized carbons (Fsp3) is 0.353. The summed E-state index contributed by atoms with van der Waals surface area (Å²) in [7, 11) is 0. The van der Waals surface area contributed by atoms with Crippen LogP contribution in [-0.4, -0.2) is 31.9 Å². The van der Waals surface area contributed by atoms with Crippen molar-refractivity contribution in [1.29, 1.82) is 0 Å². The van der Waals surface area contributed by atoms with E-state index in [-0.39, 0.29) is 39.4 Å². The molecule has 2 rings (SSSR count). The molecule has 24 heavy (non-hydrogen) atoms. The van der Waals surface area contributed by atoms with E-state index in [4.69, 9.17) is 0 Å². The number of hydrogen-bond donors (Lipinski definition) is 2. The van der Waals surface area contributed by atoms with Crippen molar-refractivity contribution in [1.82, 2.24) is 14.9 Å². The van der Waals surface area contributed by atoms with Crippen molar-refractivity contribution in [2.75, 3.05) is 5.75 Å². The molecular weight excluding hydrogens is 326 g/mol. The van der Waals surface area contributed by atoms with Gasteiger partial charge in [-0.15, -0.1) is 0 Å². The summed E-state index contributed by atoms with van der Waals surface area (Å²) in [6.45, 7) is 7.20. The maximum absolute atomic E-state index is 12.5. The Morgan fingerprint density at radius 2 is 1.92 bits per heavy atom. The van der Waals surface area contributed by atoms with E-state index in [9.17, 15) is 14.7 Å². The highest BCUT2D eigenvalue weighted by atomic mass is 32.2. The summed E-state index contributed by atoms with van der Waals surface area (Å²) in [5.74, 6) is -0.383. The summed E-state index contributed by atoms with van der Waals surface area (Å²) < 4.78 is 1.41. The second kappa shape index (κ2) is 7.09. The van der Waals surface area contributed by atoms with E-state index < -0.39 is 0 Å². The first kappa shape index (κ1) is 18.1. The van der Waals surface area contributed by atoms with Gasteiger partial charge in [0, 0.05) is 5.54 Å². The number of benzene rings is 1. The van der Waals surface area contributed by atoms with Gasteiger partial charge in [-0.05, 0) is 39.8 Å². The van der Waals surface area contributed by atoms with Gasteiger partial charge in [0.15, 0.2) is 5.16 Å². The summed E-state index contributed by atoms with van der Waals surface area (Å²) in [5, 5.41) is 13.0. The van der Waals surface area contributed by atoms with Gasteiger partial charge in [-0.25, -0.2) is 0 Å². The molecule has 0 fully saturated rings. The summed E-state index contributed by atoms with van der Waals surface area (Å²) in [4.78, 5) is 28.6. The van der Waals surface area contributed by atoms with Gasteiger partial charge >= 0.3 is 0 Å². The van der Waals surface area contributed by atoms with Crippen LogP contribution in [0.15, 0.2) is 40.3 Å². The number of nitrogens with one attached hydrogen (secondary N) is 1. The third-order valence-electron chi connectivity index (χ3n) is 3.11. The highest BCUT2D eigenvalue weighted by Gasteiger charge is 2.18. The van der Waals surface area contributed by atoms with Gasteiger partial charge in [-0.2, -0.15) is 4.98 Å². The Morgan fingerprint density at radius 1 is 1.29 bits per heavy atom. The van der Waals surface area contributed by atoms with Crippen LogP contribution in [0.4, 0.5) is 0 Å². The molecule has 0 atom stereocenters. The number of thioether (sulfide) groups is 1. The zero-order valence-electron chi connectivity index (χ0n) is 14.2. The predicted octanol–water partition coefficient (Wildman–Crippen LogP) is 2.25. The Hall–Kier alpha value is -2.28. The number of carbonyl (C=O) groups excluding carboxylic acids is 1. The molecular formula is C17H21N3O3S. The summed E-state index contributed by atoms with van der Waals surface area (Å²) in [6, 6.07) is 9.02. The number of hydrogen-bond acceptors (Lipinski definition) is 5. The molecule has 0 bridgehead atoms. The lowest BCUT2D eigenvalue weighted by atomic mass is 10.1. The van der Waals surface area contributed by atoms with E-state index >= 15 is 0 Å². The number of nitrogens with zero attached hydrogens (tertiary/aromatic N) is 2. The molecule has 2 N–H and O–H groups in total. The smallest absolute Gasteiger partial charge is 0.265 e. The molecule has 128 valence electrons. The Bertz CT molecular complexity index is 795. The zero-order chi connectivity index (χ0) is 17.9. The summed E-state index contributed by atoms with van der Waals surface area (Å²) >= 11 is 1.11. The van der Waals surface area contributed by atoms with Gasteiger partial charge in [0.25, 0.3) is 5.56 Å². The average molecular weight is 347 g/mol. The fourth-order valence-electron chi connectivity index (χ4n) is 2.06. The number of rotatable bonds is 4. The molecule has 1 amide bonds. The second-order valence-corrected chi connectivity index (χ2v) is 7.35. The number of para-hydroxylation sites is 1. The molecule has 1 aromatic carbocycles. The van der Waals surface area contributed by atoms with Gasteiger partial charge in [0.05, 0.1) is 17.0 Å². The first-order chi connectivity index (χ1) is 11.2. The standard InChI is InChI=1S/C17H21N3O3S/c1-11-14(22)18-16(24-10-13(21)19-17(2,3)4)20(15(11)23)12-8-6-5-7-9-12/h5-9,22H,10H2,1-4H3,(H,19,21). The first-order valence-electron chi connectivity index (χ1n) is 7.51. The molecule has 6 nitrogen and oxygen atoms in total. The molecule has 0 aliphatic rings. The quantitative estimate of drug-likeness (QED) is 0.655. The van der Waals surface area contributed by atoms with Crippen LogP contribution in [0.1, 0.15) is 26.3 Å². The SMILES string of the molecule is Cc1c(O)nc(SCC(=O)NC(C)(C)C)n(-c2ccccc2)c1=O. The third-order valence-corrected chi connectivity index (χ3v) is 4.05. The first-order valence-corrected chi connectivity index (χ1v) is 8.49. The van der Waals surface area contributed by atoms with Crippen molar-refractivity contribution in [2.45, 2.75) is 38.4 Å². The Labute approximate surface area is 144 Å². The largest absolute Gasteiger partial charge is 0.493 e. The Kier molecular flexibility index (Phi) is 5.33. The van der Waals surface area contributed by atoms with Gasteiger partial charge in [0.1, 0.15) is 0 Å². The minimum absolute atomic E-state index is 0.0963. The van der Waals surface area contributed by atoms with Crippen LogP contribution in [0.3, 0.4) is 0 Å². The topological polar surface area (TPSA) is 84.2 Å². The van der Waals surface area contributed by atoms with E-state index in [1.807, 2.05) is 39.0 Å². The molecule has 0 saturated carbocycles. The van der Waals surface area contributed by atoms with Gasteiger partial charge in [0.2, 0.25) is 11.8 Å². The number of carbonyl (C=O) groups is 1. The molecule has 2 aromatic rings. The van der Waals surface area contributed by atoms with Crippen LogP contribution < -0.4 is 10.9 Å². The molecule has 0 aliphatic carbocycles. The second-order valence-electron chi connectivity index (χ2n) is 6.41. The van der Waals surface area contributed by atoms with Gasteiger partial charge in [-0.3, -0.25) is 14.2 Å². The van der Waals surface area contributed by atoms with Crippen LogP contribution in [0, 0.1) is 6.92 Å². The van der Waals surface area contributed by atoms with E-state index in [1.165, 1.54) is 11.5 Å². The van der Waals surface area contributed by atoms with E-state index in [1.54, 1.807) is 12.1 Å². The van der Waals surface area contributed by atoms with E-state index in [2.05, 4.69) is 10.3 Å². The van der Waals surface area contributed by atoms with Crippen LogP contribution in [-0.2, 0) is 4.79 Å². The predicted molar refractivity (Wildman–Crippen MR) is 94.9 cm³/mol. The van der Waals surface area contributed by atoms with Crippen molar-refractivity contribution >= 4 is 17.7 Å². The lowest BCUT2D eigenvalue weighted by Crippen LogP contribution is -2.41. The van der Waals surface area contributed by atoms with Crippen molar-refractivity contribution in [3.8, 4) is 11.6 Å². The van der Waals surface area contributed by atoms with Gasteiger partial charge in [-0.1, -0.05) is 30.0 Å². The van der Waals surface area contributed by atoms with Crippen molar-refractivity contribution in [3.05, 3.63) is 46.2 Å². The number of aromatic hydroxyl groups is 1.